The Kier molecular flexibility index (Phi) is 3.41. The van der Waals surface area contributed by atoms with Gasteiger partial charge in [0.15, 0.2) is 0 Å². The first-order valence-corrected chi connectivity index (χ1v) is 5.65. The number of nitrogens with two attached hydrogens (primary N) is 1. The lowest BCUT2D eigenvalue weighted by Crippen LogP contribution is -2.08. The Balaban J connectivity index is 2.13. The molecule has 0 aliphatic carbocycles. The third kappa shape index (κ3) is 2.74. The molecule has 0 radical (unpaired) electrons. The van der Waals surface area contributed by atoms with Gasteiger partial charge in [-0.2, -0.15) is 0 Å². The highest BCUT2D eigenvalue weighted by Crippen LogP contribution is 2.17. The molecule has 0 amide bonds. The zero-order valence-corrected chi connectivity index (χ0v) is 10.4. The van der Waals surface area contributed by atoms with Gasteiger partial charge in [0.25, 0.3) is 0 Å². The average Bonchev–Trinajstić information content (AvgIpc) is 2.34. The SMILES string of the molecule is Cc1nc(N)c(C)c(NCc2ccc(F)cc2)n1. The van der Waals surface area contributed by atoms with Crippen molar-refractivity contribution in [2.24, 2.45) is 0 Å². The fraction of sp³-hybridized carbons (Fsp3) is 0.231. The number of nitrogens with one attached hydrogen (secondary N) is 1. The minimum atomic E-state index is -0.239. The van der Waals surface area contributed by atoms with E-state index in [1.54, 1.807) is 19.1 Å². The largest absolute Gasteiger partial charge is 0.383 e. The van der Waals surface area contributed by atoms with Crippen molar-refractivity contribution in [3.8, 4) is 0 Å². The van der Waals surface area contributed by atoms with Crippen molar-refractivity contribution in [3.63, 3.8) is 0 Å². The summed E-state index contributed by atoms with van der Waals surface area (Å²) >= 11 is 0. The molecule has 1 aromatic heterocycles. The van der Waals surface area contributed by atoms with Crippen LogP contribution < -0.4 is 11.1 Å². The van der Waals surface area contributed by atoms with Crippen LogP contribution in [0.25, 0.3) is 0 Å². The van der Waals surface area contributed by atoms with Gasteiger partial charge in [-0.3, -0.25) is 0 Å². The first kappa shape index (κ1) is 12.3. The van der Waals surface area contributed by atoms with E-state index in [0.717, 1.165) is 11.1 Å². The molecule has 2 rings (SSSR count). The molecular weight excluding hydrogens is 231 g/mol. The summed E-state index contributed by atoms with van der Waals surface area (Å²) in [5.74, 6) is 1.57. The summed E-state index contributed by atoms with van der Waals surface area (Å²) in [7, 11) is 0. The lowest BCUT2D eigenvalue weighted by atomic mass is 10.2. The van der Waals surface area contributed by atoms with Crippen molar-refractivity contribution in [2.45, 2.75) is 20.4 Å². The second kappa shape index (κ2) is 5.00. The monoisotopic (exact) mass is 246 g/mol. The van der Waals surface area contributed by atoms with Gasteiger partial charge >= 0.3 is 0 Å². The van der Waals surface area contributed by atoms with Gasteiger partial charge in [-0.05, 0) is 31.5 Å². The average molecular weight is 246 g/mol. The second-order valence-electron chi connectivity index (χ2n) is 4.11. The Morgan fingerprint density at radius 2 is 1.83 bits per heavy atom. The van der Waals surface area contributed by atoms with Crippen LogP contribution in [0.1, 0.15) is 17.0 Å². The van der Waals surface area contributed by atoms with Crippen LogP contribution in [0.2, 0.25) is 0 Å². The molecule has 0 fully saturated rings. The van der Waals surface area contributed by atoms with Crippen LogP contribution in [0.5, 0.6) is 0 Å². The first-order chi connectivity index (χ1) is 8.56. The van der Waals surface area contributed by atoms with E-state index >= 15 is 0 Å². The van der Waals surface area contributed by atoms with E-state index < -0.39 is 0 Å². The minimum absolute atomic E-state index is 0.239. The third-order valence-electron chi connectivity index (χ3n) is 2.67. The van der Waals surface area contributed by atoms with E-state index in [2.05, 4.69) is 15.3 Å². The maximum Gasteiger partial charge on any atom is 0.135 e. The first-order valence-electron chi connectivity index (χ1n) is 5.65. The Bertz CT molecular complexity index is 552. The number of aromatic nitrogens is 2. The molecule has 3 N–H and O–H groups in total. The number of aryl methyl sites for hydroxylation is 1. The van der Waals surface area contributed by atoms with Crippen LogP contribution >= 0.6 is 0 Å². The topological polar surface area (TPSA) is 63.8 Å². The molecule has 0 unspecified atom stereocenters. The zero-order chi connectivity index (χ0) is 13.1. The summed E-state index contributed by atoms with van der Waals surface area (Å²) in [6.45, 7) is 4.22. The molecule has 0 aliphatic rings. The van der Waals surface area contributed by atoms with E-state index in [0.29, 0.717) is 24.0 Å². The van der Waals surface area contributed by atoms with Crippen molar-refractivity contribution >= 4 is 11.6 Å². The van der Waals surface area contributed by atoms with Crippen LogP contribution in [-0.2, 0) is 6.54 Å². The third-order valence-corrected chi connectivity index (χ3v) is 2.67. The van der Waals surface area contributed by atoms with Gasteiger partial charge in [-0.25, -0.2) is 14.4 Å². The van der Waals surface area contributed by atoms with Gasteiger partial charge in [-0.15, -0.1) is 0 Å². The van der Waals surface area contributed by atoms with Crippen molar-refractivity contribution < 1.29 is 4.39 Å². The summed E-state index contributed by atoms with van der Waals surface area (Å²) < 4.78 is 12.8. The van der Waals surface area contributed by atoms with Crippen molar-refractivity contribution in [3.05, 3.63) is 47.0 Å². The van der Waals surface area contributed by atoms with Crippen molar-refractivity contribution in [1.82, 2.24) is 9.97 Å². The number of anilines is 2. The highest BCUT2D eigenvalue weighted by Gasteiger charge is 2.06. The van der Waals surface area contributed by atoms with E-state index in [1.807, 2.05) is 6.92 Å². The fourth-order valence-electron chi connectivity index (χ4n) is 1.61. The van der Waals surface area contributed by atoms with Crippen LogP contribution in [0, 0.1) is 19.7 Å². The fourth-order valence-corrected chi connectivity index (χ4v) is 1.61. The van der Waals surface area contributed by atoms with Gasteiger partial charge < -0.3 is 11.1 Å². The molecule has 0 bridgehead atoms. The smallest absolute Gasteiger partial charge is 0.135 e. The molecule has 18 heavy (non-hydrogen) atoms. The normalized spacial score (nSPS) is 10.4. The molecule has 5 heteroatoms. The van der Waals surface area contributed by atoms with Gasteiger partial charge in [0.05, 0.1) is 0 Å². The van der Waals surface area contributed by atoms with Crippen LogP contribution in [0.4, 0.5) is 16.0 Å². The summed E-state index contributed by atoms with van der Waals surface area (Å²) in [4.78, 5) is 8.37. The molecule has 0 saturated heterocycles. The van der Waals surface area contributed by atoms with Gasteiger partial charge in [0, 0.05) is 12.1 Å². The highest BCUT2D eigenvalue weighted by molar-refractivity contribution is 5.54. The van der Waals surface area contributed by atoms with E-state index in [1.165, 1.54) is 12.1 Å². The number of hydrogen-bond acceptors (Lipinski definition) is 4. The molecule has 1 aromatic carbocycles. The van der Waals surface area contributed by atoms with Gasteiger partial charge in [0.1, 0.15) is 23.3 Å². The molecule has 94 valence electrons. The molecular formula is C13H15FN4. The molecule has 0 saturated carbocycles. The molecule has 0 atom stereocenters. The van der Waals surface area contributed by atoms with Crippen LogP contribution in [-0.4, -0.2) is 9.97 Å². The number of hydrogen-bond donors (Lipinski definition) is 2. The molecule has 1 heterocycles. The summed E-state index contributed by atoms with van der Waals surface area (Å²) in [6.07, 6.45) is 0. The van der Waals surface area contributed by atoms with Crippen molar-refractivity contribution in [1.29, 1.82) is 0 Å². The van der Waals surface area contributed by atoms with E-state index in [9.17, 15) is 4.39 Å². The lowest BCUT2D eigenvalue weighted by molar-refractivity contribution is 0.627. The number of rotatable bonds is 3. The van der Waals surface area contributed by atoms with Gasteiger partial charge in [-0.1, -0.05) is 12.1 Å². The number of benzene rings is 1. The van der Waals surface area contributed by atoms with Crippen molar-refractivity contribution in [2.75, 3.05) is 11.1 Å². The Morgan fingerprint density at radius 3 is 2.50 bits per heavy atom. The second-order valence-corrected chi connectivity index (χ2v) is 4.11. The Morgan fingerprint density at radius 1 is 1.17 bits per heavy atom. The van der Waals surface area contributed by atoms with Crippen LogP contribution in [0.3, 0.4) is 0 Å². The summed E-state index contributed by atoms with van der Waals surface area (Å²) in [6, 6.07) is 6.33. The highest BCUT2D eigenvalue weighted by atomic mass is 19.1. The summed E-state index contributed by atoms with van der Waals surface area (Å²) in [5, 5.41) is 3.18. The number of nitrogen functional groups attached to an aromatic ring is 1. The zero-order valence-electron chi connectivity index (χ0n) is 10.4. The van der Waals surface area contributed by atoms with Gasteiger partial charge in [0.2, 0.25) is 0 Å². The Hall–Kier alpha value is -2.17. The Labute approximate surface area is 105 Å². The quantitative estimate of drug-likeness (QED) is 0.873. The number of nitrogens with zero attached hydrogens (tertiary/aromatic N) is 2. The van der Waals surface area contributed by atoms with Crippen LogP contribution in [0.15, 0.2) is 24.3 Å². The maximum atomic E-state index is 12.8. The van der Waals surface area contributed by atoms with E-state index in [4.69, 9.17) is 5.73 Å². The lowest BCUT2D eigenvalue weighted by Gasteiger charge is -2.10. The molecule has 2 aromatic rings. The molecule has 0 aliphatic heterocycles. The minimum Gasteiger partial charge on any atom is -0.383 e. The predicted molar refractivity (Wildman–Crippen MR) is 69.6 cm³/mol. The van der Waals surface area contributed by atoms with E-state index in [-0.39, 0.29) is 5.82 Å². The predicted octanol–water partition coefficient (Wildman–Crippen LogP) is 2.43. The maximum absolute atomic E-state index is 12.8. The summed E-state index contributed by atoms with van der Waals surface area (Å²) in [5.41, 5.74) is 7.57. The molecule has 0 spiro atoms. The standard InChI is InChI=1S/C13H15FN4/c1-8-12(15)17-9(2)18-13(8)16-7-10-3-5-11(14)6-4-10/h3-6H,7H2,1-2H3,(H3,15,16,17,18). The molecule has 4 nitrogen and oxygen atoms in total. The number of halogens is 1.